The van der Waals surface area contributed by atoms with E-state index < -0.39 is 0 Å². The lowest BCUT2D eigenvalue weighted by molar-refractivity contribution is 0.348. The molecular weight excluding hydrogens is 252 g/mol. The second-order valence-corrected chi connectivity index (χ2v) is 5.37. The smallest absolute Gasteiger partial charge is 0.0477 e. The van der Waals surface area contributed by atoms with Crippen LogP contribution in [0.5, 0.6) is 0 Å². The maximum Gasteiger partial charge on any atom is 0.0477 e. The van der Waals surface area contributed by atoms with Crippen LogP contribution in [0.3, 0.4) is 0 Å². The summed E-state index contributed by atoms with van der Waals surface area (Å²) in [6.45, 7) is 6.31. The molecule has 0 aromatic heterocycles. The second-order valence-electron chi connectivity index (χ2n) is 4.45. The van der Waals surface area contributed by atoms with Crippen LogP contribution in [0.15, 0.2) is 22.7 Å². The van der Waals surface area contributed by atoms with Crippen molar-refractivity contribution in [2.24, 2.45) is 5.73 Å². The number of benzene rings is 1. The van der Waals surface area contributed by atoms with E-state index in [4.69, 9.17) is 5.73 Å². The van der Waals surface area contributed by atoms with Gasteiger partial charge in [-0.2, -0.15) is 0 Å². The Morgan fingerprint density at radius 1 is 1.40 bits per heavy atom. The van der Waals surface area contributed by atoms with Gasteiger partial charge in [-0.3, -0.25) is 0 Å². The van der Waals surface area contributed by atoms with Gasteiger partial charge in [0, 0.05) is 16.1 Å². The molecular formula is C12H19BrN2. The van der Waals surface area contributed by atoms with Crippen molar-refractivity contribution in [3.05, 3.63) is 33.8 Å². The van der Waals surface area contributed by atoms with Crippen molar-refractivity contribution in [3.63, 3.8) is 0 Å². The molecule has 0 aliphatic carbocycles. The minimum Gasteiger partial charge on any atom is -0.322 e. The van der Waals surface area contributed by atoms with E-state index in [1.54, 1.807) is 0 Å². The van der Waals surface area contributed by atoms with Crippen LogP contribution in [0.25, 0.3) is 0 Å². The third kappa shape index (κ3) is 2.80. The van der Waals surface area contributed by atoms with Crippen LogP contribution < -0.4 is 11.1 Å². The summed E-state index contributed by atoms with van der Waals surface area (Å²) in [5, 5.41) is 3.25. The highest BCUT2D eigenvalue weighted by Crippen LogP contribution is 2.27. The molecule has 0 heterocycles. The number of rotatable bonds is 3. The molecule has 0 amide bonds. The van der Waals surface area contributed by atoms with Crippen molar-refractivity contribution in [2.45, 2.75) is 32.4 Å². The minimum absolute atomic E-state index is 0.0139. The van der Waals surface area contributed by atoms with Crippen LogP contribution in [-0.4, -0.2) is 12.6 Å². The molecule has 0 saturated heterocycles. The van der Waals surface area contributed by atoms with Gasteiger partial charge in [-0.15, -0.1) is 0 Å². The average molecular weight is 271 g/mol. The lowest BCUT2D eigenvalue weighted by Crippen LogP contribution is -2.46. The van der Waals surface area contributed by atoms with E-state index in [1.165, 1.54) is 11.1 Å². The van der Waals surface area contributed by atoms with E-state index in [2.05, 4.69) is 54.2 Å². The highest BCUT2D eigenvalue weighted by atomic mass is 79.9. The average Bonchev–Trinajstić information content (AvgIpc) is 2.20. The van der Waals surface area contributed by atoms with Gasteiger partial charge in [-0.05, 0) is 51.1 Å². The number of likely N-dealkylation sites (N-methyl/N-ethyl adjacent to an activating group) is 1. The van der Waals surface area contributed by atoms with E-state index in [9.17, 15) is 0 Å². The van der Waals surface area contributed by atoms with Gasteiger partial charge in [0.1, 0.15) is 0 Å². The summed E-state index contributed by atoms with van der Waals surface area (Å²) in [6, 6.07) is 6.21. The molecule has 0 saturated carbocycles. The molecule has 1 unspecified atom stereocenters. The Labute approximate surface area is 100 Å². The summed E-state index contributed by atoms with van der Waals surface area (Å²) in [5.41, 5.74) is 8.58. The van der Waals surface area contributed by atoms with E-state index >= 15 is 0 Å². The molecule has 1 atom stereocenters. The zero-order valence-electron chi connectivity index (χ0n) is 9.76. The van der Waals surface area contributed by atoms with Gasteiger partial charge >= 0.3 is 0 Å². The maximum absolute atomic E-state index is 6.27. The highest BCUT2D eigenvalue weighted by molar-refractivity contribution is 9.10. The van der Waals surface area contributed by atoms with Crippen molar-refractivity contribution < 1.29 is 0 Å². The summed E-state index contributed by atoms with van der Waals surface area (Å²) in [6.07, 6.45) is 0. The van der Waals surface area contributed by atoms with Crippen LogP contribution in [0, 0.1) is 6.92 Å². The second kappa shape index (κ2) is 4.64. The Hall–Kier alpha value is -0.380. The number of aryl methyl sites for hydroxylation is 1. The third-order valence-electron chi connectivity index (χ3n) is 3.00. The van der Waals surface area contributed by atoms with Crippen molar-refractivity contribution >= 4 is 15.9 Å². The van der Waals surface area contributed by atoms with Gasteiger partial charge in [-0.1, -0.05) is 22.0 Å². The zero-order chi connectivity index (χ0) is 11.6. The molecule has 3 heteroatoms. The first kappa shape index (κ1) is 12.7. The Kier molecular flexibility index (Phi) is 3.93. The van der Waals surface area contributed by atoms with E-state index in [0.717, 1.165) is 4.47 Å². The molecule has 0 radical (unpaired) electrons. The molecule has 15 heavy (non-hydrogen) atoms. The third-order valence-corrected chi connectivity index (χ3v) is 3.49. The molecule has 0 fully saturated rings. The molecule has 0 bridgehead atoms. The Morgan fingerprint density at radius 2 is 2.00 bits per heavy atom. The standard InChI is InChI=1S/C12H19BrN2/c1-8-5-6-9(13)7-10(8)11(14)12(2,3)15-4/h5-7,11,15H,14H2,1-4H3. The quantitative estimate of drug-likeness (QED) is 0.887. The normalized spacial score (nSPS) is 14.0. The number of nitrogens with one attached hydrogen (secondary N) is 1. The van der Waals surface area contributed by atoms with Crippen molar-refractivity contribution in [3.8, 4) is 0 Å². The van der Waals surface area contributed by atoms with Crippen LogP contribution in [0.4, 0.5) is 0 Å². The Morgan fingerprint density at radius 3 is 2.53 bits per heavy atom. The van der Waals surface area contributed by atoms with Gasteiger partial charge < -0.3 is 11.1 Å². The maximum atomic E-state index is 6.27. The highest BCUT2D eigenvalue weighted by Gasteiger charge is 2.26. The molecule has 1 rings (SSSR count). The van der Waals surface area contributed by atoms with Crippen molar-refractivity contribution in [1.82, 2.24) is 5.32 Å². The fraction of sp³-hybridized carbons (Fsp3) is 0.500. The molecule has 1 aromatic rings. The molecule has 1 aromatic carbocycles. The van der Waals surface area contributed by atoms with Crippen LogP contribution in [0.1, 0.15) is 31.0 Å². The number of hydrogen-bond donors (Lipinski definition) is 2. The molecule has 0 aliphatic rings. The van der Waals surface area contributed by atoms with Gasteiger partial charge in [0.05, 0.1) is 0 Å². The SMILES string of the molecule is CNC(C)(C)C(N)c1cc(Br)ccc1C. The van der Waals surface area contributed by atoms with Crippen molar-refractivity contribution in [1.29, 1.82) is 0 Å². The van der Waals surface area contributed by atoms with Crippen LogP contribution in [0.2, 0.25) is 0 Å². The molecule has 2 nitrogen and oxygen atoms in total. The van der Waals surface area contributed by atoms with E-state index in [-0.39, 0.29) is 11.6 Å². The van der Waals surface area contributed by atoms with E-state index in [0.29, 0.717) is 0 Å². The lowest BCUT2D eigenvalue weighted by atomic mass is 9.87. The summed E-state index contributed by atoms with van der Waals surface area (Å²) in [5.74, 6) is 0. The minimum atomic E-state index is -0.106. The summed E-state index contributed by atoms with van der Waals surface area (Å²) >= 11 is 3.48. The largest absolute Gasteiger partial charge is 0.322 e. The summed E-state index contributed by atoms with van der Waals surface area (Å²) < 4.78 is 1.07. The number of nitrogens with two attached hydrogens (primary N) is 1. The molecule has 3 N–H and O–H groups in total. The Bertz CT molecular complexity index is 347. The van der Waals surface area contributed by atoms with E-state index in [1.807, 2.05) is 13.1 Å². The van der Waals surface area contributed by atoms with Gasteiger partial charge in [-0.25, -0.2) is 0 Å². The van der Waals surface area contributed by atoms with Crippen LogP contribution in [-0.2, 0) is 0 Å². The van der Waals surface area contributed by atoms with Gasteiger partial charge in [0.15, 0.2) is 0 Å². The fourth-order valence-corrected chi connectivity index (χ4v) is 1.87. The molecule has 84 valence electrons. The first-order valence-electron chi connectivity index (χ1n) is 5.09. The lowest BCUT2D eigenvalue weighted by Gasteiger charge is -2.32. The van der Waals surface area contributed by atoms with Crippen molar-refractivity contribution in [2.75, 3.05) is 7.05 Å². The number of halogens is 1. The van der Waals surface area contributed by atoms with Gasteiger partial charge in [0.25, 0.3) is 0 Å². The zero-order valence-corrected chi connectivity index (χ0v) is 11.4. The summed E-state index contributed by atoms with van der Waals surface area (Å²) in [4.78, 5) is 0. The fourth-order valence-electron chi connectivity index (χ4n) is 1.49. The topological polar surface area (TPSA) is 38.0 Å². The predicted octanol–water partition coefficient (Wildman–Crippen LogP) is 2.76. The van der Waals surface area contributed by atoms with Gasteiger partial charge in [0.2, 0.25) is 0 Å². The number of hydrogen-bond acceptors (Lipinski definition) is 2. The molecule has 0 aliphatic heterocycles. The first-order chi connectivity index (χ1) is 6.88. The molecule has 0 spiro atoms. The summed E-state index contributed by atoms with van der Waals surface area (Å²) in [7, 11) is 1.94. The Balaban J connectivity index is 3.10. The monoisotopic (exact) mass is 270 g/mol. The predicted molar refractivity (Wildman–Crippen MR) is 68.9 cm³/mol. The van der Waals surface area contributed by atoms with Crippen LogP contribution >= 0.6 is 15.9 Å². The first-order valence-corrected chi connectivity index (χ1v) is 5.88.